The summed E-state index contributed by atoms with van der Waals surface area (Å²) in [5, 5.41) is 10.3. The van der Waals surface area contributed by atoms with Crippen molar-refractivity contribution in [2.24, 2.45) is 0 Å². The van der Waals surface area contributed by atoms with Gasteiger partial charge in [-0.3, -0.25) is 19.9 Å². The summed E-state index contributed by atoms with van der Waals surface area (Å²) >= 11 is 0. The van der Waals surface area contributed by atoms with Gasteiger partial charge in [-0.25, -0.2) is 4.98 Å². The molecule has 0 amide bonds. The van der Waals surface area contributed by atoms with Crippen LogP contribution in [-0.4, -0.2) is 15.8 Å². The van der Waals surface area contributed by atoms with Gasteiger partial charge in [-0.2, -0.15) is 5.26 Å². The molecule has 1 heterocycles. The maximum atomic E-state index is 11.1. The Morgan fingerprint density at radius 3 is 2.92 bits per heavy atom. The van der Waals surface area contributed by atoms with E-state index in [2.05, 4.69) is 15.3 Å². The van der Waals surface area contributed by atoms with Crippen molar-refractivity contribution in [1.82, 2.24) is 9.97 Å². The lowest BCUT2D eigenvalue weighted by molar-refractivity contribution is 0.101. The van der Waals surface area contributed by atoms with Crippen LogP contribution >= 0.6 is 0 Å². The van der Waals surface area contributed by atoms with Crippen LogP contribution in [0.5, 0.6) is 0 Å². The summed E-state index contributed by atoms with van der Waals surface area (Å²) in [5.74, 6) is -0.338. The molecule has 0 aliphatic carbocycles. The minimum absolute atomic E-state index is 0.0245. The number of carbonyl (C=O) groups is 1. The highest BCUT2D eigenvalue weighted by atomic mass is 16.1. The lowest BCUT2D eigenvalue weighted by Crippen LogP contribution is -2.18. The molecule has 1 aromatic rings. The maximum absolute atomic E-state index is 11.1. The average Bonchev–Trinajstić information content (AvgIpc) is 2.04. The molecular weight excluding hydrogens is 172 g/mol. The molecule has 2 N–H and O–H groups in total. The number of aromatic nitrogens is 2. The standard InChI is InChI=1S/C7H6N4O2/c1-4(12)5-2-9-7(10-3-8)11-6(5)13/h2H,1H3,(H2,9,10,11,13). The third-order valence-corrected chi connectivity index (χ3v) is 1.35. The van der Waals surface area contributed by atoms with Gasteiger partial charge in [-0.1, -0.05) is 0 Å². The molecule has 0 atom stereocenters. The third-order valence-electron chi connectivity index (χ3n) is 1.35. The SMILES string of the molecule is CC(=O)c1cnc(NC#N)[nH]c1=O. The number of anilines is 1. The summed E-state index contributed by atoms with van der Waals surface area (Å²) in [6, 6.07) is 0. The fraction of sp³-hybridized carbons (Fsp3) is 0.143. The molecule has 6 heteroatoms. The predicted molar refractivity (Wildman–Crippen MR) is 44.1 cm³/mol. The Bertz CT molecular complexity index is 429. The zero-order chi connectivity index (χ0) is 9.84. The molecule has 0 saturated heterocycles. The second-order valence-corrected chi connectivity index (χ2v) is 2.27. The molecule has 6 nitrogen and oxygen atoms in total. The molecule has 1 rings (SSSR count). The third kappa shape index (κ3) is 1.90. The Morgan fingerprint density at radius 1 is 1.77 bits per heavy atom. The topological polar surface area (TPSA) is 98.6 Å². The van der Waals surface area contributed by atoms with E-state index in [1.807, 2.05) is 0 Å². The highest BCUT2D eigenvalue weighted by molar-refractivity contribution is 5.93. The molecule has 66 valence electrons. The summed E-state index contributed by atoms with van der Waals surface area (Å²) < 4.78 is 0. The molecule has 0 aliphatic rings. The van der Waals surface area contributed by atoms with Crippen LogP contribution in [0.4, 0.5) is 5.95 Å². The first-order valence-electron chi connectivity index (χ1n) is 3.40. The maximum Gasteiger partial charge on any atom is 0.263 e. The van der Waals surface area contributed by atoms with Gasteiger partial charge in [0.15, 0.2) is 12.0 Å². The molecule has 1 aromatic heterocycles. The highest BCUT2D eigenvalue weighted by Crippen LogP contribution is 1.94. The van der Waals surface area contributed by atoms with Crippen LogP contribution in [0.1, 0.15) is 17.3 Å². The van der Waals surface area contributed by atoms with Crippen LogP contribution < -0.4 is 10.9 Å². The highest BCUT2D eigenvalue weighted by Gasteiger charge is 2.05. The quantitative estimate of drug-likeness (QED) is 0.373. The van der Waals surface area contributed by atoms with Crippen LogP contribution in [0.25, 0.3) is 0 Å². The van der Waals surface area contributed by atoms with Gasteiger partial charge in [0.25, 0.3) is 5.56 Å². The average molecular weight is 178 g/mol. The van der Waals surface area contributed by atoms with Gasteiger partial charge in [0, 0.05) is 6.20 Å². The van der Waals surface area contributed by atoms with Crippen molar-refractivity contribution >= 4 is 11.7 Å². The van der Waals surface area contributed by atoms with E-state index < -0.39 is 5.56 Å². The largest absolute Gasteiger partial charge is 0.294 e. The van der Waals surface area contributed by atoms with Crippen molar-refractivity contribution < 1.29 is 4.79 Å². The smallest absolute Gasteiger partial charge is 0.263 e. The molecule has 13 heavy (non-hydrogen) atoms. The van der Waals surface area contributed by atoms with Crippen LogP contribution in [0, 0.1) is 11.5 Å². The second-order valence-electron chi connectivity index (χ2n) is 2.27. The number of carbonyl (C=O) groups excluding carboxylic acids is 1. The van der Waals surface area contributed by atoms with E-state index in [9.17, 15) is 9.59 Å². The number of hydrogen-bond acceptors (Lipinski definition) is 5. The minimum Gasteiger partial charge on any atom is -0.294 e. The molecule has 0 aliphatic heterocycles. The van der Waals surface area contributed by atoms with Crippen molar-refractivity contribution in [3.8, 4) is 6.19 Å². The van der Waals surface area contributed by atoms with Crippen molar-refractivity contribution in [2.45, 2.75) is 6.92 Å². The number of nitrogens with zero attached hydrogens (tertiary/aromatic N) is 2. The molecule has 0 fully saturated rings. The Balaban J connectivity index is 3.15. The van der Waals surface area contributed by atoms with Gasteiger partial charge >= 0.3 is 0 Å². The summed E-state index contributed by atoms with van der Waals surface area (Å²) in [4.78, 5) is 27.8. The van der Waals surface area contributed by atoms with Gasteiger partial charge in [-0.15, -0.1) is 0 Å². The summed E-state index contributed by atoms with van der Waals surface area (Å²) in [5.41, 5.74) is -0.580. The normalized spacial score (nSPS) is 8.92. The van der Waals surface area contributed by atoms with Crippen LogP contribution in [0.2, 0.25) is 0 Å². The molecular formula is C7H6N4O2. The summed E-state index contributed by atoms with van der Waals surface area (Å²) in [7, 11) is 0. The zero-order valence-electron chi connectivity index (χ0n) is 6.79. The van der Waals surface area contributed by atoms with E-state index in [4.69, 9.17) is 5.26 Å². The number of hydrogen-bond donors (Lipinski definition) is 2. The van der Waals surface area contributed by atoms with Gasteiger partial charge in [0.05, 0.1) is 0 Å². The van der Waals surface area contributed by atoms with Crippen molar-refractivity contribution in [1.29, 1.82) is 5.26 Å². The van der Waals surface area contributed by atoms with E-state index in [0.717, 1.165) is 6.20 Å². The Labute approximate surface area is 73.2 Å². The van der Waals surface area contributed by atoms with Crippen LogP contribution in [0.3, 0.4) is 0 Å². The number of ketones is 1. The van der Waals surface area contributed by atoms with Gasteiger partial charge in [-0.05, 0) is 6.92 Å². The number of H-pyrrole nitrogens is 1. The second kappa shape index (κ2) is 3.49. The van der Waals surface area contributed by atoms with Crippen molar-refractivity contribution in [3.63, 3.8) is 0 Å². The first kappa shape index (κ1) is 8.93. The van der Waals surface area contributed by atoms with E-state index in [0.29, 0.717) is 0 Å². The fourth-order valence-corrected chi connectivity index (χ4v) is 0.762. The number of nitriles is 1. The Morgan fingerprint density at radius 2 is 2.46 bits per heavy atom. The predicted octanol–water partition coefficient (Wildman–Crippen LogP) is -0.135. The van der Waals surface area contributed by atoms with Crippen molar-refractivity contribution in [3.05, 3.63) is 22.1 Å². The van der Waals surface area contributed by atoms with Crippen LogP contribution in [0.15, 0.2) is 11.0 Å². The Kier molecular flexibility index (Phi) is 2.40. The van der Waals surface area contributed by atoms with E-state index in [1.54, 1.807) is 6.19 Å². The van der Waals surface area contributed by atoms with E-state index in [-0.39, 0.29) is 17.3 Å². The van der Waals surface area contributed by atoms with Crippen LogP contribution in [-0.2, 0) is 0 Å². The monoisotopic (exact) mass is 178 g/mol. The van der Waals surface area contributed by atoms with Gasteiger partial charge < -0.3 is 0 Å². The molecule has 0 radical (unpaired) electrons. The fourth-order valence-electron chi connectivity index (χ4n) is 0.762. The molecule has 0 spiro atoms. The first-order valence-corrected chi connectivity index (χ1v) is 3.40. The molecule has 0 aromatic carbocycles. The summed E-state index contributed by atoms with van der Waals surface area (Å²) in [6.45, 7) is 1.27. The summed E-state index contributed by atoms with van der Waals surface area (Å²) in [6.07, 6.45) is 2.72. The molecule has 0 saturated carbocycles. The lowest BCUT2D eigenvalue weighted by atomic mass is 10.2. The Hall–Kier alpha value is -2.16. The number of nitrogens with one attached hydrogen (secondary N) is 2. The van der Waals surface area contributed by atoms with Crippen molar-refractivity contribution in [2.75, 3.05) is 5.32 Å². The van der Waals surface area contributed by atoms with E-state index >= 15 is 0 Å². The number of aromatic amines is 1. The van der Waals surface area contributed by atoms with Gasteiger partial charge in [0.2, 0.25) is 5.95 Å². The molecule has 0 unspecified atom stereocenters. The lowest BCUT2D eigenvalue weighted by Gasteiger charge is -1.96. The zero-order valence-corrected chi connectivity index (χ0v) is 6.79. The first-order chi connectivity index (χ1) is 6.15. The number of Topliss-reactive ketones (excluding diaryl/α,β-unsaturated/α-hetero) is 1. The number of rotatable bonds is 2. The minimum atomic E-state index is -0.555. The van der Waals surface area contributed by atoms with Gasteiger partial charge in [0.1, 0.15) is 5.56 Å². The van der Waals surface area contributed by atoms with E-state index in [1.165, 1.54) is 6.92 Å². The molecule has 0 bridgehead atoms.